The number of nitrogens with two attached hydrogens (primary N) is 1. The molecule has 0 saturated heterocycles. The molecule has 0 saturated carbocycles. The van der Waals surface area contributed by atoms with Gasteiger partial charge in [-0.3, -0.25) is 20.3 Å². The minimum Gasteiger partial charge on any atom is -0.493 e. The molecule has 0 unspecified atom stereocenters. The van der Waals surface area contributed by atoms with Crippen molar-refractivity contribution in [2.24, 2.45) is 5.84 Å². The molecule has 0 bridgehead atoms. The Morgan fingerprint density at radius 1 is 1.47 bits per heavy atom. The summed E-state index contributed by atoms with van der Waals surface area (Å²) in [6, 6.07) is 4.06. The summed E-state index contributed by atoms with van der Waals surface area (Å²) in [6.07, 6.45) is 0.655. The molecule has 0 aromatic heterocycles. The molecule has 19 heavy (non-hydrogen) atoms. The van der Waals surface area contributed by atoms with Gasteiger partial charge in [-0.05, 0) is 12.5 Å². The first-order valence-electron chi connectivity index (χ1n) is 5.53. The number of hydrazine groups is 1. The number of carbonyl (C=O) groups is 1. The fourth-order valence-electron chi connectivity index (χ4n) is 1.38. The number of nitrogens with zero attached hydrogens (tertiary/aromatic N) is 1. The van der Waals surface area contributed by atoms with E-state index in [1.54, 1.807) is 0 Å². The summed E-state index contributed by atoms with van der Waals surface area (Å²) in [4.78, 5) is 21.0. The molecule has 8 heteroatoms. The molecule has 0 spiro atoms. The van der Waals surface area contributed by atoms with E-state index < -0.39 is 4.92 Å². The maximum absolute atomic E-state index is 10.9. The first-order valence-corrected chi connectivity index (χ1v) is 5.53. The van der Waals surface area contributed by atoms with Gasteiger partial charge in [0.1, 0.15) is 0 Å². The number of nitro benzene ring substituents is 1. The Hall–Kier alpha value is -2.35. The average Bonchev–Trinajstić information content (AvgIpc) is 2.42. The van der Waals surface area contributed by atoms with Crippen molar-refractivity contribution >= 4 is 11.6 Å². The minimum absolute atomic E-state index is 0.0875. The first-order chi connectivity index (χ1) is 9.08. The number of nitro groups is 1. The van der Waals surface area contributed by atoms with E-state index >= 15 is 0 Å². The number of nitrogens with one attached hydrogen (secondary N) is 1. The highest BCUT2D eigenvalue weighted by Crippen LogP contribution is 2.31. The molecule has 0 aliphatic carbocycles. The van der Waals surface area contributed by atoms with Gasteiger partial charge in [0.25, 0.3) is 5.69 Å². The van der Waals surface area contributed by atoms with Crippen LogP contribution in [0, 0.1) is 10.1 Å². The van der Waals surface area contributed by atoms with Crippen molar-refractivity contribution in [2.45, 2.75) is 12.8 Å². The molecule has 0 atom stereocenters. The summed E-state index contributed by atoms with van der Waals surface area (Å²) < 4.78 is 10.4. The number of amides is 1. The van der Waals surface area contributed by atoms with Crippen molar-refractivity contribution in [2.75, 3.05) is 13.7 Å². The van der Waals surface area contributed by atoms with E-state index in [0.717, 1.165) is 0 Å². The number of hydrogen-bond acceptors (Lipinski definition) is 6. The third-order valence-electron chi connectivity index (χ3n) is 2.32. The van der Waals surface area contributed by atoms with Crippen molar-refractivity contribution in [3.63, 3.8) is 0 Å². The van der Waals surface area contributed by atoms with Crippen LogP contribution in [-0.2, 0) is 4.79 Å². The monoisotopic (exact) mass is 269 g/mol. The minimum atomic E-state index is -0.520. The quantitative estimate of drug-likeness (QED) is 0.248. The van der Waals surface area contributed by atoms with Crippen LogP contribution in [0.2, 0.25) is 0 Å². The summed E-state index contributed by atoms with van der Waals surface area (Å²) in [6.45, 7) is 0.227. The van der Waals surface area contributed by atoms with Gasteiger partial charge < -0.3 is 9.47 Å². The fraction of sp³-hybridized carbons (Fsp3) is 0.364. The Morgan fingerprint density at radius 3 is 2.79 bits per heavy atom. The van der Waals surface area contributed by atoms with Crippen LogP contribution < -0.4 is 20.7 Å². The molecule has 1 rings (SSSR count). The number of ether oxygens (including phenoxy) is 2. The van der Waals surface area contributed by atoms with Crippen molar-refractivity contribution in [1.29, 1.82) is 0 Å². The van der Waals surface area contributed by atoms with Crippen LogP contribution in [0.25, 0.3) is 0 Å². The van der Waals surface area contributed by atoms with E-state index in [2.05, 4.69) is 0 Å². The van der Waals surface area contributed by atoms with Crippen LogP contribution in [0.15, 0.2) is 18.2 Å². The Balaban J connectivity index is 2.62. The molecule has 0 radical (unpaired) electrons. The van der Waals surface area contributed by atoms with Crippen molar-refractivity contribution in [3.8, 4) is 11.5 Å². The zero-order chi connectivity index (χ0) is 14.3. The highest BCUT2D eigenvalue weighted by atomic mass is 16.6. The second-order valence-electron chi connectivity index (χ2n) is 3.61. The summed E-state index contributed by atoms with van der Waals surface area (Å²) in [7, 11) is 1.44. The van der Waals surface area contributed by atoms with Crippen LogP contribution >= 0.6 is 0 Å². The highest BCUT2D eigenvalue weighted by Gasteiger charge is 2.12. The summed E-state index contributed by atoms with van der Waals surface area (Å²) in [5.74, 6) is 5.30. The lowest BCUT2D eigenvalue weighted by Gasteiger charge is -2.10. The second kappa shape index (κ2) is 7.17. The van der Waals surface area contributed by atoms with Gasteiger partial charge in [-0.15, -0.1) is 0 Å². The SMILES string of the molecule is COc1ccc([N+](=O)[O-])cc1OCCCC(=O)NN. The van der Waals surface area contributed by atoms with Gasteiger partial charge in [0, 0.05) is 12.5 Å². The molecule has 0 aliphatic rings. The van der Waals surface area contributed by atoms with Gasteiger partial charge in [0.2, 0.25) is 5.91 Å². The van der Waals surface area contributed by atoms with E-state index in [0.29, 0.717) is 12.2 Å². The number of non-ortho nitro benzene ring substituents is 1. The Kier molecular flexibility index (Phi) is 5.55. The predicted octanol–water partition coefficient (Wildman–Crippen LogP) is 0.752. The molecule has 0 fully saturated rings. The van der Waals surface area contributed by atoms with E-state index in [1.807, 2.05) is 5.43 Å². The Bertz CT molecular complexity index is 464. The van der Waals surface area contributed by atoms with Crippen LogP contribution in [0.3, 0.4) is 0 Å². The maximum atomic E-state index is 10.9. The zero-order valence-electron chi connectivity index (χ0n) is 10.4. The summed E-state index contributed by atoms with van der Waals surface area (Å²) in [5.41, 5.74) is 1.91. The van der Waals surface area contributed by atoms with E-state index in [1.165, 1.54) is 25.3 Å². The second-order valence-corrected chi connectivity index (χ2v) is 3.61. The topological polar surface area (TPSA) is 117 Å². The number of methoxy groups -OCH3 is 1. The van der Waals surface area contributed by atoms with E-state index in [9.17, 15) is 14.9 Å². The third-order valence-corrected chi connectivity index (χ3v) is 2.32. The molecule has 0 aliphatic heterocycles. The first kappa shape index (κ1) is 14.7. The van der Waals surface area contributed by atoms with Crippen molar-refractivity contribution in [1.82, 2.24) is 5.43 Å². The van der Waals surface area contributed by atoms with Crippen LogP contribution in [0.5, 0.6) is 11.5 Å². The van der Waals surface area contributed by atoms with Gasteiger partial charge in [0.15, 0.2) is 11.5 Å². The van der Waals surface area contributed by atoms with Crippen molar-refractivity contribution in [3.05, 3.63) is 28.3 Å². The van der Waals surface area contributed by atoms with E-state index in [4.69, 9.17) is 15.3 Å². The fourth-order valence-corrected chi connectivity index (χ4v) is 1.38. The standard InChI is InChI=1S/C11H15N3O5/c1-18-9-5-4-8(14(16)17)7-10(9)19-6-2-3-11(15)13-12/h4-5,7H,2-3,6,12H2,1H3,(H,13,15). The molecular formula is C11H15N3O5. The number of carbonyl (C=O) groups excluding carboxylic acids is 1. The summed E-state index contributed by atoms with van der Waals surface area (Å²) in [5, 5.41) is 10.7. The molecule has 0 heterocycles. The van der Waals surface area contributed by atoms with Crippen LogP contribution in [0.1, 0.15) is 12.8 Å². The molecule has 1 aromatic carbocycles. The molecule has 3 N–H and O–H groups in total. The van der Waals surface area contributed by atoms with Gasteiger partial charge in [0.05, 0.1) is 24.7 Å². The number of hydrogen-bond donors (Lipinski definition) is 2. The van der Waals surface area contributed by atoms with Gasteiger partial charge in [-0.25, -0.2) is 5.84 Å². The van der Waals surface area contributed by atoms with Gasteiger partial charge >= 0.3 is 0 Å². The van der Waals surface area contributed by atoms with E-state index in [-0.39, 0.29) is 30.4 Å². The lowest BCUT2D eigenvalue weighted by molar-refractivity contribution is -0.385. The number of benzene rings is 1. The molecule has 1 aromatic rings. The molecular weight excluding hydrogens is 254 g/mol. The Labute approximate surface area is 109 Å². The lowest BCUT2D eigenvalue weighted by Crippen LogP contribution is -2.29. The maximum Gasteiger partial charge on any atom is 0.273 e. The lowest BCUT2D eigenvalue weighted by atomic mass is 10.2. The number of rotatable bonds is 7. The largest absolute Gasteiger partial charge is 0.493 e. The van der Waals surface area contributed by atoms with Crippen LogP contribution in [-0.4, -0.2) is 24.5 Å². The van der Waals surface area contributed by atoms with Crippen LogP contribution in [0.4, 0.5) is 5.69 Å². The van der Waals surface area contributed by atoms with Gasteiger partial charge in [-0.1, -0.05) is 0 Å². The normalized spacial score (nSPS) is 9.79. The molecule has 1 amide bonds. The average molecular weight is 269 g/mol. The highest BCUT2D eigenvalue weighted by molar-refractivity contribution is 5.75. The predicted molar refractivity (Wildman–Crippen MR) is 66.7 cm³/mol. The molecule has 104 valence electrons. The summed E-state index contributed by atoms with van der Waals surface area (Å²) >= 11 is 0. The smallest absolute Gasteiger partial charge is 0.273 e. The Morgan fingerprint density at radius 2 is 2.21 bits per heavy atom. The van der Waals surface area contributed by atoms with Gasteiger partial charge in [-0.2, -0.15) is 0 Å². The third kappa shape index (κ3) is 4.43. The van der Waals surface area contributed by atoms with Crippen molar-refractivity contribution < 1.29 is 19.2 Å². The molecule has 8 nitrogen and oxygen atoms in total. The zero-order valence-corrected chi connectivity index (χ0v) is 10.4.